The molecule has 0 saturated heterocycles. The SMILES string of the molecule is Cc1cc(C(=O)NC2CC3CCC2(C)C3(C)C)c(C)o1. The Kier molecular flexibility index (Phi) is 2.83. The Balaban J connectivity index is 1.80. The molecule has 20 heavy (non-hydrogen) atoms. The van der Waals surface area contributed by atoms with Gasteiger partial charge in [-0.05, 0) is 55.9 Å². The molecule has 2 bridgehead atoms. The topological polar surface area (TPSA) is 42.2 Å². The number of rotatable bonds is 2. The van der Waals surface area contributed by atoms with Crippen molar-refractivity contribution in [3.63, 3.8) is 0 Å². The molecule has 0 aliphatic heterocycles. The zero-order valence-corrected chi connectivity index (χ0v) is 13.2. The Hall–Kier alpha value is -1.25. The minimum absolute atomic E-state index is 0.0222. The highest BCUT2D eigenvalue weighted by atomic mass is 16.3. The molecule has 1 amide bonds. The summed E-state index contributed by atoms with van der Waals surface area (Å²) in [5, 5.41) is 3.28. The Morgan fingerprint density at radius 2 is 2.05 bits per heavy atom. The van der Waals surface area contributed by atoms with Crippen molar-refractivity contribution in [3.05, 3.63) is 23.2 Å². The van der Waals surface area contributed by atoms with Gasteiger partial charge in [0.25, 0.3) is 5.91 Å². The van der Waals surface area contributed by atoms with E-state index in [1.165, 1.54) is 12.8 Å². The third-order valence-corrected chi connectivity index (χ3v) is 6.38. The van der Waals surface area contributed by atoms with Gasteiger partial charge in [0.05, 0.1) is 5.56 Å². The largest absolute Gasteiger partial charge is 0.466 e. The third-order valence-electron chi connectivity index (χ3n) is 6.38. The van der Waals surface area contributed by atoms with Crippen molar-refractivity contribution in [1.29, 1.82) is 0 Å². The number of fused-ring (bicyclic) bond motifs is 2. The van der Waals surface area contributed by atoms with E-state index in [9.17, 15) is 4.79 Å². The first-order valence-electron chi connectivity index (χ1n) is 7.63. The van der Waals surface area contributed by atoms with Crippen LogP contribution in [0.5, 0.6) is 0 Å². The normalized spacial score (nSPS) is 34.5. The molecule has 3 heteroatoms. The molecule has 3 unspecified atom stereocenters. The van der Waals surface area contributed by atoms with Gasteiger partial charge in [0.1, 0.15) is 11.5 Å². The van der Waals surface area contributed by atoms with Crippen LogP contribution in [0.3, 0.4) is 0 Å². The first-order valence-corrected chi connectivity index (χ1v) is 7.63. The monoisotopic (exact) mass is 275 g/mol. The molecular weight excluding hydrogens is 250 g/mol. The van der Waals surface area contributed by atoms with Crippen molar-refractivity contribution in [2.45, 2.75) is 59.9 Å². The maximum atomic E-state index is 12.5. The van der Waals surface area contributed by atoms with Crippen LogP contribution in [0.2, 0.25) is 0 Å². The maximum absolute atomic E-state index is 12.5. The lowest BCUT2D eigenvalue weighted by Crippen LogP contribution is -2.46. The molecule has 0 radical (unpaired) electrons. The number of hydrogen-bond acceptors (Lipinski definition) is 2. The second-order valence-electron chi connectivity index (χ2n) is 7.46. The van der Waals surface area contributed by atoms with Crippen LogP contribution < -0.4 is 5.32 Å². The summed E-state index contributed by atoms with van der Waals surface area (Å²) in [6.07, 6.45) is 3.64. The zero-order chi connectivity index (χ0) is 14.7. The van der Waals surface area contributed by atoms with E-state index in [4.69, 9.17) is 4.42 Å². The van der Waals surface area contributed by atoms with Gasteiger partial charge in [-0.25, -0.2) is 0 Å². The summed E-state index contributed by atoms with van der Waals surface area (Å²) in [5.74, 6) is 2.28. The van der Waals surface area contributed by atoms with Crippen molar-refractivity contribution in [1.82, 2.24) is 5.32 Å². The van der Waals surface area contributed by atoms with Crippen molar-refractivity contribution in [3.8, 4) is 0 Å². The van der Waals surface area contributed by atoms with Crippen molar-refractivity contribution >= 4 is 5.91 Å². The summed E-state index contributed by atoms with van der Waals surface area (Å²) < 4.78 is 5.47. The van der Waals surface area contributed by atoms with Crippen LogP contribution in [0.4, 0.5) is 0 Å². The molecule has 3 atom stereocenters. The molecule has 1 heterocycles. The van der Waals surface area contributed by atoms with E-state index < -0.39 is 0 Å². The van der Waals surface area contributed by atoms with Gasteiger partial charge in [-0.1, -0.05) is 20.8 Å². The molecule has 2 fully saturated rings. The molecule has 0 aromatic carbocycles. The molecule has 0 spiro atoms. The predicted octanol–water partition coefficient (Wildman–Crippen LogP) is 3.84. The highest BCUT2D eigenvalue weighted by molar-refractivity contribution is 5.95. The van der Waals surface area contributed by atoms with Crippen LogP contribution in [-0.4, -0.2) is 11.9 Å². The highest BCUT2D eigenvalue weighted by Crippen LogP contribution is 2.65. The Morgan fingerprint density at radius 1 is 1.35 bits per heavy atom. The first kappa shape index (κ1) is 13.7. The lowest BCUT2D eigenvalue weighted by Gasteiger charge is -2.39. The quantitative estimate of drug-likeness (QED) is 0.891. The molecule has 3 nitrogen and oxygen atoms in total. The number of nitrogens with one attached hydrogen (secondary N) is 1. The Morgan fingerprint density at radius 3 is 2.50 bits per heavy atom. The number of amides is 1. The van der Waals surface area contributed by atoms with Gasteiger partial charge >= 0.3 is 0 Å². The van der Waals surface area contributed by atoms with Crippen LogP contribution in [0.1, 0.15) is 61.9 Å². The van der Waals surface area contributed by atoms with E-state index in [0.29, 0.717) is 22.8 Å². The van der Waals surface area contributed by atoms with Crippen LogP contribution in [0.15, 0.2) is 10.5 Å². The van der Waals surface area contributed by atoms with Gasteiger partial charge in [-0.2, -0.15) is 0 Å². The second-order valence-corrected chi connectivity index (χ2v) is 7.46. The zero-order valence-electron chi connectivity index (χ0n) is 13.2. The summed E-state index contributed by atoms with van der Waals surface area (Å²) in [4.78, 5) is 12.5. The smallest absolute Gasteiger partial charge is 0.255 e. The predicted molar refractivity (Wildman–Crippen MR) is 78.7 cm³/mol. The fraction of sp³-hybridized carbons (Fsp3) is 0.706. The number of carbonyl (C=O) groups excluding carboxylic acids is 1. The van der Waals surface area contributed by atoms with E-state index >= 15 is 0 Å². The Bertz CT molecular complexity index is 557. The van der Waals surface area contributed by atoms with E-state index in [1.807, 2.05) is 19.9 Å². The highest BCUT2D eigenvalue weighted by Gasteiger charge is 2.61. The van der Waals surface area contributed by atoms with Gasteiger partial charge in [-0.15, -0.1) is 0 Å². The van der Waals surface area contributed by atoms with Crippen molar-refractivity contribution in [2.24, 2.45) is 16.7 Å². The minimum atomic E-state index is 0.0222. The molecule has 110 valence electrons. The average Bonchev–Trinajstić information content (AvgIpc) is 2.86. The van der Waals surface area contributed by atoms with Gasteiger partial charge in [0, 0.05) is 6.04 Å². The van der Waals surface area contributed by atoms with Gasteiger partial charge in [0.2, 0.25) is 0 Å². The Labute approximate surface area is 121 Å². The number of carbonyl (C=O) groups is 1. The lowest BCUT2D eigenvalue weighted by atomic mass is 9.69. The molecule has 2 saturated carbocycles. The molecular formula is C17H25NO2. The number of aryl methyl sites for hydroxylation is 2. The van der Waals surface area contributed by atoms with Gasteiger partial charge in [0.15, 0.2) is 0 Å². The van der Waals surface area contributed by atoms with Gasteiger partial charge in [-0.3, -0.25) is 4.79 Å². The summed E-state index contributed by atoms with van der Waals surface area (Å²) in [6, 6.07) is 2.13. The van der Waals surface area contributed by atoms with Crippen molar-refractivity contribution in [2.75, 3.05) is 0 Å². The molecule has 2 aliphatic carbocycles. The molecule has 1 N–H and O–H groups in total. The fourth-order valence-corrected chi connectivity index (χ4v) is 4.51. The molecule has 2 aliphatic rings. The fourth-order valence-electron chi connectivity index (χ4n) is 4.51. The van der Waals surface area contributed by atoms with Crippen molar-refractivity contribution < 1.29 is 9.21 Å². The first-order chi connectivity index (χ1) is 9.25. The maximum Gasteiger partial charge on any atom is 0.255 e. The summed E-state index contributed by atoms with van der Waals surface area (Å²) in [5.41, 5.74) is 1.23. The number of hydrogen-bond donors (Lipinski definition) is 1. The van der Waals surface area contributed by atoms with Crippen LogP contribution >= 0.6 is 0 Å². The minimum Gasteiger partial charge on any atom is -0.466 e. The van der Waals surface area contributed by atoms with E-state index in [0.717, 1.165) is 18.1 Å². The van der Waals surface area contributed by atoms with E-state index in [-0.39, 0.29) is 11.3 Å². The van der Waals surface area contributed by atoms with Gasteiger partial charge < -0.3 is 9.73 Å². The lowest BCUT2D eigenvalue weighted by molar-refractivity contribution is 0.0825. The molecule has 1 aromatic rings. The summed E-state index contributed by atoms with van der Waals surface area (Å²) in [7, 11) is 0. The average molecular weight is 275 g/mol. The summed E-state index contributed by atoms with van der Waals surface area (Å²) >= 11 is 0. The van der Waals surface area contributed by atoms with E-state index in [1.54, 1.807) is 0 Å². The standard InChI is InChI=1S/C17H25NO2/c1-10-8-13(11(2)20-10)15(19)18-14-9-12-6-7-17(14,5)16(12,3)4/h8,12,14H,6-7,9H2,1-5H3,(H,18,19). The molecule has 3 rings (SSSR count). The molecule has 1 aromatic heterocycles. The van der Waals surface area contributed by atoms with Crippen LogP contribution in [0, 0.1) is 30.6 Å². The summed E-state index contributed by atoms with van der Waals surface area (Å²) in [6.45, 7) is 10.8. The van der Waals surface area contributed by atoms with Crippen LogP contribution in [0.25, 0.3) is 0 Å². The van der Waals surface area contributed by atoms with Crippen LogP contribution in [-0.2, 0) is 0 Å². The second kappa shape index (κ2) is 4.12. The third kappa shape index (κ3) is 1.68. The number of furan rings is 1. The van der Waals surface area contributed by atoms with E-state index in [2.05, 4.69) is 26.1 Å².